The standard InChI is InChI=1S/C25H20O4S/c1-2-18(26)8-3-16-4-12-21(13-5-16)29-24-22-14-11-20(28)15-23(22)30-25(24)17-6-9-19(27)10-7-17/h3-15,27-28H,2H2,1H3/b8-3+. The van der Waals surface area contributed by atoms with Crippen LogP contribution in [0.3, 0.4) is 0 Å². The number of aromatic hydroxyl groups is 2. The summed E-state index contributed by atoms with van der Waals surface area (Å²) in [6.45, 7) is 1.83. The van der Waals surface area contributed by atoms with E-state index in [0.717, 1.165) is 26.1 Å². The molecule has 3 aromatic carbocycles. The predicted octanol–water partition coefficient (Wildman–Crippen LogP) is 6.76. The van der Waals surface area contributed by atoms with Crippen molar-refractivity contribution in [2.24, 2.45) is 0 Å². The number of fused-ring (bicyclic) bond motifs is 1. The zero-order valence-electron chi connectivity index (χ0n) is 16.3. The molecule has 0 radical (unpaired) electrons. The molecule has 1 heterocycles. The molecule has 0 fully saturated rings. The van der Waals surface area contributed by atoms with Crippen molar-refractivity contribution in [3.63, 3.8) is 0 Å². The second-order valence-electron chi connectivity index (χ2n) is 6.81. The van der Waals surface area contributed by atoms with Crippen molar-refractivity contribution in [2.75, 3.05) is 0 Å². The Morgan fingerprint density at radius 2 is 1.67 bits per heavy atom. The largest absolute Gasteiger partial charge is 0.508 e. The number of benzene rings is 3. The van der Waals surface area contributed by atoms with Gasteiger partial charge in [-0.1, -0.05) is 25.1 Å². The lowest BCUT2D eigenvalue weighted by atomic mass is 10.1. The maximum Gasteiger partial charge on any atom is 0.155 e. The summed E-state index contributed by atoms with van der Waals surface area (Å²) in [6, 6.07) is 19.7. The quantitative estimate of drug-likeness (QED) is 0.341. The second-order valence-corrected chi connectivity index (χ2v) is 7.86. The summed E-state index contributed by atoms with van der Waals surface area (Å²) in [5.74, 6) is 1.85. The highest BCUT2D eigenvalue weighted by Crippen LogP contribution is 2.47. The van der Waals surface area contributed by atoms with Gasteiger partial charge in [-0.25, -0.2) is 0 Å². The van der Waals surface area contributed by atoms with Crippen LogP contribution in [0, 0.1) is 0 Å². The molecule has 4 nitrogen and oxygen atoms in total. The van der Waals surface area contributed by atoms with Crippen LogP contribution in [0.4, 0.5) is 0 Å². The van der Waals surface area contributed by atoms with E-state index in [-0.39, 0.29) is 17.3 Å². The van der Waals surface area contributed by atoms with Crippen LogP contribution in [0.25, 0.3) is 26.6 Å². The Labute approximate surface area is 178 Å². The van der Waals surface area contributed by atoms with Crippen molar-refractivity contribution in [1.82, 2.24) is 0 Å². The van der Waals surface area contributed by atoms with Gasteiger partial charge in [-0.2, -0.15) is 0 Å². The number of rotatable bonds is 6. The Balaban J connectivity index is 1.71. The lowest BCUT2D eigenvalue weighted by Crippen LogP contribution is -1.87. The minimum Gasteiger partial charge on any atom is -0.508 e. The van der Waals surface area contributed by atoms with Crippen LogP contribution in [0.15, 0.2) is 72.8 Å². The average Bonchev–Trinajstić information content (AvgIpc) is 3.10. The van der Waals surface area contributed by atoms with Gasteiger partial charge in [0.25, 0.3) is 0 Å². The van der Waals surface area contributed by atoms with Crippen molar-refractivity contribution in [3.8, 4) is 33.4 Å². The van der Waals surface area contributed by atoms with Crippen LogP contribution >= 0.6 is 11.3 Å². The number of ketones is 1. The Morgan fingerprint density at radius 1 is 0.967 bits per heavy atom. The van der Waals surface area contributed by atoms with Gasteiger partial charge < -0.3 is 14.9 Å². The van der Waals surface area contributed by atoms with Crippen LogP contribution < -0.4 is 4.74 Å². The molecule has 150 valence electrons. The highest BCUT2D eigenvalue weighted by atomic mass is 32.1. The molecule has 0 aliphatic carbocycles. The first-order valence-corrected chi connectivity index (χ1v) is 10.4. The summed E-state index contributed by atoms with van der Waals surface area (Å²) in [5, 5.41) is 20.4. The zero-order chi connectivity index (χ0) is 21.1. The van der Waals surface area contributed by atoms with Crippen LogP contribution in [0.2, 0.25) is 0 Å². The lowest BCUT2D eigenvalue weighted by molar-refractivity contribution is -0.114. The molecule has 0 bridgehead atoms. The number of phenolic OH excluding ortho intramolecular Hbond substituents is 2. The smallest absolute Gasteiger partial charge is 0.155 e. The van der Waals surface area contributed by atoms with E-state index in [1.165, 1.54) is 11.3 Å². The highest BCUT2D eigenvalue weighted by Gasteiger charge is 2.17. The van der Waals surface area contributed by atoms with Gasteiger partial charge in [-0.15, -0.1) is 11.3 Å². The summed E-state index contributed by atoms with van der Waals surface area (Å²) in [5.41, 5.74) is 1.84. The van der Waals surface area contributed by atoms with Crippen molar-refractivity contribution < 1.29 is 19.7 Å². The van der Waals surface area contributed by atoms with E-state index >= 15 is 0 Å². The number of ether oxygens (including phenoxy) is 1. The number of carbonyl (C=O) groups excluding carboxylic acids is 1. The first-order chi connectivity index (χ1) is 14.5. The monoisotopic (exact) mass is 416 g/mol. The fourth-order valence-electron chi connectivity index (χ4n) is 3.04. The summed E-state index contributed by atoms with van der Waals surface area (Å²) in [7, 11) is 0. The molecule has 0 atom stereocenters. The maximum absolute atomic E-state index is 11.5. The molecular formula is C25H20O4S. The number of allylic oxidation sites excluding steroid dienone is 1. The van der Waals surface area contributed by atoms with Crippen LogP contribution in [0.1, 0.15) is 18.9 Å². The van der Waals surface area contributed by atoms with Crippen molar-refractivity contribution in [2.45, 2.75) is 13.3 Å². The minimum atomic E-state index is 0.0851. The molecule has 5 heteroatoms. The molecule has 0 spiro atoms. The summed E-state index contributed by atoms with van der Waals surface area (Å²) < 4.78 is 7.17. The average molecular weight is 416 g/mol. The molecule has 0 saturated heterocycles. The van der Waals surface area contributed by atoms with Gasteiger partial charge in [0.2, 0.25) is 0 Å². The summed E-state index contributed by atoms with van der Waals surface area (Å²) >= 11 is 1.52. The Bertz CT molecular complexity index is 1220. The van der Waals surface area contributed by atoms with Gasteiger partial charge in [0.05, 0.1) is 4.88 Å². The van der Waals surface area contributed by atoms with E-state index in [4.69, 9.17) is 4.74 Å². The number of phenols is 2. The van der Waals surface area contributed by atoms with E-state index in [1.54, 1.807) is 36.4 Å². The third-order valence-corrected chi connectivity index (χ3v) is 5.85. The van der Waals surface area contributed by atoms with Gasteiger partial charge in [-0.05, 0) is 71.8 Å². The first-order valence-electron chi connectivity index (χ1n) is 9.57. The highest BCUT2D eigenvalue weighted by molar-refractivity contribution is 7.22. The van der Waals surface area contributed by atoms with Gasteiger partial charge >= 0.3 is 0 Å². The molecule has 0 aliphatic heterocycles. The molecule has 1 aromatic heterocycles. The van der Waals surface area contributed by atoms with Gasteiger partial charge in [0, 0.05) is 16.5 Å². The molecule has 0 unspecified atom stereocenters. The fourth-order valence-corrected chi connectivity index (χ4v) is 4.21. The van der Waals surface area contributed by atoms with Crippen LogP contribution in [-0.4, -0.2) is 16.0 Å². The number of thiophene rings is 1. The van der Waals surface area contributed by atoms with Gasteiger partial charge in [0.15, 0.2) is 11.5 Å². The van der Waals surface area contributed by atoms with Crippen LogP contribution in [0.5, 0.6) is 23.0 Å². The van der Waals surface area contributed by atoms with Crippen molar-refractivity contribution in [1.29, 1.82) is 0 Å². The number of hydrogen-bond acceptors (Lipinski definition) is 5. The number of hydrogen-bond donors (Lipinski definition) is 2. The lowest BCUT2D eigenvalue weighted by Gasteiger charge is -2.09. The molecule has 2 N–H and O–H groups in total. The van der Waals surface area contributed by atoms with E-state index in [1.807, 2.05) is 49.4 Å². The topological polar surface area (TPSA) is 66.8 Å². The Kier molecular flexibility index (Phi) is 5.55. The zero-order valence-corrected chi connectivity index (χ0v) is 17.1. The minimum absolute atomic E-state index is 0.0851. The molecule has 0 aliphatic rings. The molecule has 4 rings (SSSR count). The van der Waals surface area contributed by atoms with Crippen molar-refractivity contribution >= 4 is 33.3 Å². The molecule has 30 heavy (non-hydrogen) atoms. The molecule has 0 saturated carbocycles. The summed E-state index contributed by atoms with van der Waals surface area (Å²) in [4.78, 5) is 12.4. The first kappa shape index (κ1) is 19.7. The SMILES string of the molecule is CCC(=O)/C=C/c1ccc(Oc2c(-c3ccc(O)cc3)sc3cc(O)ccc23)cc1. The number of carbonyl (C=O) groups is 1. The van der Waals surface area contributed by atoms with Crippen LogP contribution in [-0.2, 0) is 4.79 Å². The summed E-state index contributed by atoms with van der Waals surface area (Å²) in [6.07, 6.45) is 3.86. The maximum atomic E-state index is 11.5. The Morgan fingerprint density at radius 3 is 2.37 bits per heavy atom. The van der Waals surface area contributed by atoms with E-state index in [2.05, 4.69) is 0 Å². The van der Waals surface area contributed by atoms with E-state index < -0.39 is 0 Å². The second kappa shape index (κ2) is 8.43. The van der Waals surface area contributed by atoms with Gasteiger partial charge in [-0.3, -0.25) is 4.79 Å². The third kappa shape index (κ3) is 4.21. The Hall–Kier alpha value is -3.57. The predicted molar refractivity (Wildman–Crippen MR) is 121 cm³/mol. The van der Waals surface area contributed by atoms with Gasteiger partial charge in [0.1, 0.15) is 17.2 Å². The van der Waals surface area contributed by atoms with Crippen molar-refractivity contribution in [3.05, 3.63) is 78.4 Å². The third-order valence-electron chi connectivity index (χ3n) is 4.67. The van der Waals surface area contributed by atoms with E-state index in [9.17, 15) is 15.0 Å². The molecule has 4 aromatic rings. The normalized spacial score (nSPS) is 11.2. The molecular weight excluding hydrogens is 396 g/mol. The van der Waals surface area contributed by atoms with E-state index in [0.29, 0.717) is 17.9 Å². The molecule has 0 amide bonds. The fraction of sp³-hybridized carbons (Fsp3) is 0.0800.